The summed E-state index contributed by atoms with van der Waals surface area (Å²) in [5.41, 5.74) is 0.115. The Morgan fingerprint density at radius 3 is 2.43 bits per heavy atom. The molecule has 0 aromatic carbocycles. The highest BCUT2D eigenvalue weighted by atomic mass is 32.1. The summed E-state index contributed by atoms with van der Waals surface area (Å²) in [6.07, 6.45) is 7.91. The highest BCUT2D eigenvalue weighted by molar-refractivity contribution is 7.04. The van der Waals surface area contributed by atoms with Crippen molar-refractivity contribution in [3.05, 3.63) is 16.4 Å². The molecule has 1 saturated carbocycles. The van der Waals surface area contributed by atoms with E-state index in [0.29, 0.717) is 0 Å². The van der Waals surface area contributed by atoms with Crippen LogP contribution >= 0.6 is 11.5 Å². The number of carbonyl (C=O) groups is 2. The topological polar surface area (TPSA) is 54.7 Å². The molecule has 1 aromatic rings. The summed E-state index contributed by atoms with van der Waals surface area (Å²) in [4.78, 5) is 33.2. The zero-order valence-corrected chi connectivity index (χ0v) is 20.7. The van der Waals surface area contributed by atoms with Gasteiger partial charge in [-0.3, -0.25) is 13.5 Å². The van der Waals surface area contributed by atoms with E-state index in [1.54, 1.807) is 11.5 Å². The fraction of sp³-hybridized carbons (Fsp3) is 0.792. The molecule has 2 amide bonds. The Morgan fingerprint density at radius 2 is 1.90 bits per heavy atom. The number of rotatable bonds is 5. The SMILES string of the molecule is CCCCc1cn(C(C)(C)C)sc1=NC(=O)[C@]1(C)CC[C@H](C(=O)N2CCC2)C1(C)C. The molecular formula is C24H39N3O2S. The van der Waals surface area contributed by atoms with Crippen LogP contribution in [-0.4, -0.2) is 33.8 Å². The second-order valence-electron chi connectivity index (χ2n) is 10.9. The second-order valence-corrected chi connectivity index (χ2v) is 11.9. The van der Waals surface area contributed by atoms with E-state index < -0.39 is 10.8 Å². The van der Waals surface area contributed by atoms with Crippen molar-refractivity contribution >= 4 is 23.3 Å². The van der Waals surface area contributed by atoms with Crippen LogP contribution in [0.1, 0.15) is 86.1 Å². The summed E-state index contributed by atoms with van der Waals surface area (Å²) in [5.74, 6) is 0.0736. The lowest BCUT2D eigenvalue weighted by Crippen LogP contribution is -2.50. The van der Waals surface area contributed by atoms with Crippen LogP contribution < -0.4 is 4.67 Å². The molecule has 1 aromatic heterocycles. The Hall–Kier alpha value is -1.43. The second kappa shape index (κ2) is 8.25. The number of hydrogen-bond donors (Lipinski definition) is 0. The zero-order valence-electron chi connectivity index (χ0n) is 19.9. The van der Waals surface area contributed by atoms with E-state index in [2.05, 4.69) is 51.7 Å². The first-order chi connectivity index (χ1) is 13.9. The molecule has 2 atom stereocenters. The molecule has 1 aliphatic heterocycles. The predicted octanol–water partition coefficient (Wildman–Crippen LogP) is 4.75. The Balaban J connectivity index is 1.93. The lowest BCUT2D eigenvalue weighted by molar-refractivity contribution is -0.145. The maximum absolute atomic E-state index is 13.6. The van der Waals surface area contributed by atoms with Gasteiger partial charge in [0.2, 0.25) is 5.91 Å². The van der Waals surface area contributed by atoms with Crippen LogP contribution in [0.25, 0.3) is 0 Å². The molecule has 0 unspecified atom stereocenters. The average Bonchev–Trinajstić information content (AvgIpc) is 3.10. The van der Waals surface area contributed by atoms with Gasteiger partial charge in [-0.05, 0) is 69.8 Å². The van der Waals surface area contributed by atoms with Crippen LogP contribution in [0, 0.1) is 16.7 Å². The van der Waals surface area contributed by atoms with Crippen LogP contribution in [-0.2, 0) is 21.5 Å². The van der Waals surface area contributed by atoms with Crippen molar-refractivity contribution < 1.29 is 9.59 Å². The third-order valence-corrected chi connectivity index (χ3v) is 8.94. The standard InChI is InChI=1S/C24H39N3O2S/c1-8-9-11-17-16-27(22(2,3)4)30-19(17)25-21(29)24(7)13-12-18(23(24,5)6)20(28)26-14-10-15-26/h16,18H,8-15H2,1-7H3/t18-,24+/m1/s1. The van der Waals surface area contributed by atoms with E-state index in [1.165, 1.54) is 0 Å². The molecule has 3 rings (SSSR count). The molecular weight excluding hydrogens is 394 g/mol. The largest absolute Gasteiger partial charge is 0.342 e. The van der Waals surface area contributed by atoms with Crippen molar-refractivity contribution in [2.45, 2.75) is 92.5 Å². The first-order valence-electron chi connectivity index (χ1n) is 11.5. The van der Waals surface area contributed by atoms with E-state index in [4.69, 9.17) is 4.99 Å². The monoisotopic (exact) mass is 433 g/mol. The molecule has 168 valence electrons. The predicted molar refractivity (Wildman–Crippen MR) is 122 cm³/mol. The number of hydrogen-bond acceptors (Lipinski definition) is 3. The lowest BCUT2D eigenvalue weighted by atomic mass is 9.65. The van der Waals surface area contributed by atoms with Crippen molar-refractivity contribution in [3.8, 4) is 0 Å². The van der Waals surface area contributed by atoms with Gasteiger partial charge >= 0.3 is 0 Å². The molecule has 5 nitrogen and oxygen atoms in total. The number of nitrogens with zero attached hydrogens (tertiary/aromatic N) is 3. The molecule has 2 heterocycles. The van der Waals surface area contributed by atoms with Crippen LogP contribution in [0.15, 0.2) is 11.2 Å². The van der Waals surface area contributed by atoms with Crippen LogP contribution in [0.5, 0.6) is 0 Å². The maximum atomic E-state index is 13.6. The number of aryl methyl sites for hydroxylation is 1. The summed E-state index contributed by atoms with van der Waals surface area (Å²) in [5, 5.41) is 0. The first kappa shape index (κ1) is 23.2. The first-order valence-corrected chi connectivity index (χ1v) is 12.3. The molecule has 30 heavy (non-hydrogen) atoms. The van der Waals surface area contributed by atoms with Gasteiger partial charge in [-0.25, -0.2) is 4.99 Å². The number of unbranched alkanes of at least 4 members (excludes halogenated alkanes) is 1. The molecule has 0 bridgehead atoms. The summed E-state index contributed by atoms with van der Waals surface area (Å²) < 4.78 is 3.06. The van der Waals surface area contributed by atoms with E-state index in [1.807, 2.05) is 11.8 Å². The van der Waals surface area contributed by atoms with Crippen LogP contribution in [0.2, 0.25) is 0 Å². The third-order valence-electron chi connectivity index (χ3n) is 7.56. The molecule has 2 aliphatic rings. The highest BCUT2D eigenvalue weighted by Crippen LogP contribution is 2.57. The molecule has 6 heteroatoms. The Kier molecular flexibility index (Phi) is 6.39. The fourth-order valence-electron chi connectivity index (χ4n) is 4.62. The van der Waals surface area contributed by atoms with Crippen LogP contribution in [0.3, 0.4) is 0 Å². The normalized spacial score (nSPS) is 26.7. The van der Waals surface area contributed by atoms with Crippen molar-refractivity contribution in [1.82, 2.24) is 8.86 Å². The van der Waals surface area contributed by atoms with E-state index >= 15 is 0 Å². The Morgan fingerprint density at radius 1 is 1.23 bits per heavy atom. The quantitative estimate of drug-likeness (QED) is 0.673. The zero-order chi connectivity index (χ0) is 22.3. The summed E-state index contributed by atoms with van der Waals surface area (Å²) >= 11 is 1.58. The number of likely N-dealkylation sites (tertiary alicyclic amines) is 1. The minimum atomic E-state index is -0.614. The van der Waals surface area contributed by atoms with E-state index in [9.17, 15) is 9.59 Å². The summed E-state index contributed by atoms with van der Waals surface area (Å²) in [6.45, 7) is 16.6. The number of aromatic nitrogens is 1. The Labute approximate surface area is 185 Å². The highest BCUT2D eigenvalue weighted by Gasteiger charge is 2.58. The van der Waals surface area contributed by atoms with E-state index in [0.717, 1.165) is 61.8 Å². The Bertz CT molecular complexity index is 870. The molecule has 1 aliphatic carbocycles. The average molecular weight is 434 g/mol. The van der Waals surface area contributed by atoms with Gasteiger partial charge in [0.05, 0.1) is 5.41 Å². The number of carbonyl (C=O) groups excluding carboxylic acids is 2. The number of amides is 2. The lowest BCUT2D eigenvalue weighted by Gasteiger charge is -2.42. The maximum Gasteiger partial charge on any atom is 0.253 e. The van der Waals surface area contributed by atoms with Gasteiger partial charge in [0.15, 0.2) is 0 Å². The van der Waals surface area contributed by atoms with Gasteiger partial charge in [0.1, 0.15) is 4.67 Å². The molecule has 0 radical (unpaired) electrons. The van der Waals surface area contributed by atoms with Gasteiger partial charge in [-0.1, -0.05) is 34.1 Å². The van der Waals surface area contributed by atoms with E-state index in [-0.39, 0.29) is 23.3 Å². The van der Waals surface area contributed by atoms with Crippen molar-refractivity contribution in [2.75, 3.05) is 13.1 Å². The van der Waals surface area contributed by atoms with Gasteiger partial charge in [-0.2, -0.15) is 0 Å². The van der Waals surface area contributed by atoms with Crippen molar-refractivity contribution in [2.24, 2.45) is 21.7 Å². The van der Waals surface area contributed by atoms with Crippen molar-refractivity contribution in [1.29, 1.82) is 0 Å². The molecule has 2 fully saturated rings. The fourth-order valence-corrected chi connectivity index (χ4v) is 5.66. The molecule has 1 saturated heterocycles. The van der Waals surface area contributed by atoms with Gasteiger partial charge in [-0.15, -0.1) is 0 Å². The van der Waals surface area contributed by atoms with Gasteiger partial charge in [0, 0.05) is 36.3 Å². The van der Waals surface area contributed by atoms with Crippen molar-refractivity contribution in [3.63, 3.8) is 0 Å². The third kappa shape index (κ3) is 4.04. The minimum Gasteiger partial charge on any atom is -0.342 e. The summed E-state index contributed by atoms with van der Waals surface area (Å²) in [7, 11) is 0. The summed E-state index contributed by atoms with van der Waals surface area (Å²) in [6, 6.07) is 0. The molecule has 0 N–H and O–H groups in total. The minimum absolute atomic E-state index is 0.0340. The van der Waals surface area contributed by atoms with Crippen LogP contribution in [0.4, 0.5) is 0 Å². The smallest absolute Gasteiger partial charge is 0.253 e. The van der Waals surface area contributed by atoms with Gasteiger partial charge < -0.3 is 4.90 Å². The van der Waals surface area contributed by atoms with Gasteiger partial charge in [0.25, 0.3) is 5.91 Å². The molecule has 0 spiro atoms.